The monoisotopic (exact) mass is 216 g/mol. The first-order chi connectivity index (χ1) is 6.44. The fourth-order valence-corrected chi connectivity index (χ4v) is 1.25. The third-order valence-corrected chi connectivity index (χ3v) is 2.05. The highest BCUT2D eigenvalue weighted by atomic mass is 35.5. The molecule has 2 nitrogen and oxygen atoms in total. The molecule has 0 aliphatic carbocycles. The van der Waals surface area contributed by atoms with Gasteiger partial charge in [-0.15, -0.1) is 0 Å². The molecule has 4 heteroatoms. The summed E-state index contributed by atoms with van der Waals surface area (Å²) >= 11 is 5.55. The molecule has 0 saturated carbocycles. The van der Waals surface area contributed by atoms with Crippen molar-refractivity contribution < 1.29 is 14.3 Å². The fraction of sp³-hybridized carbons (Fsp3) is 0.300. The second kappa shape index (κ2) is 4.07. The fourth-order valence-electron chi connectivity index (χ4n) is 1.09. The van der Waals surface area contributed by atoms with Crippen LogP contribution in [0.5, 0.6) is 0 Å². The molecule has 0 saturated heterocycles. The molecule has 0 bridgehead atoms. The minimum atomic E-state index is -1.53. The quantitative estimate of drug-likeness (QED) is 0.785. The molecule has 0 aromatic heterocycles. The molecule has 1 N–H and O–H groups in total. The molecule has 1 atom stereocenters. The van der Waals surface area contributed by atoms with E-state index in [4.69, 9.17) is 11.6 Å². The lowest BCUT2D eigenvalue weighted by molar-refractivity contribution is -0.122. The van der Waals surface area contributed by atoms with E-state index in [2.05, 4.69) is 0 Å². The van der Waals surface area contributed by atoms with Crippen molar-refractivity contribution in [1.29, 1.82) is 0 Å². The van der Waals surface area contributed by atoms with Gasteiger partial charge in [-0.1, -0.05) is 17.7 Å². The third-order valence-electron chi connectivity index (χ3n) is 1.82. The Morgan fingerprint density at radius 3 is 2.79 bits per heavy atom. The van der Waals surface area contributed by atoms with E-state index in [0.29, 0.717) is 6.29 Å². The van der Waals surface area contributed by atoms with E-state index >= 15 is 0 Å². The molecule has 1 aromatic carbocycles. The van der Waals surface area contributed by atoms with Gasteiger partial charge in [-0.05, 0) is 24.6 Å². The zero-order valence-electron chi connectivity index (χ0n) is 7.63. The largest absolute Gasteiger partial charge is 0.382 e. The van der Waals surface area contributed by atoms with Crippen molar-refractivity contribution in [3.05, 3.63) is 34.6 Å². The van der Waals surface area contributed by atoms with Gasteiger partial charge in [0, 0.05) is 11.4 Å². The smallest absolute Gasteiger partial charge is 0.151 e. The first-order valence-electron chi connectivity index (χ1n) is 4.07. The highest BCUT2D eigenvalue weighted by Crippen LogP contribution is 2.18. The maximum absolute atomic E-state index is 13.2. The molecule has 0 amide bonds. The standard InChI is InChI=1S/C10H10ClFO2/c1-10(14,6-13)5-7-2-3-8(11)4-9(7)12/h2-4,6,14H,5H2,1H3. The molecule has 1 rings (SSSR count). The molecule has 0 radical (unpaired) electrons. The highest BCUT2D eigenvalue weighted by molar-refractivity contribution is 6.30. The number of carbonyl (C=O) groups excluding carboxylic acids is 1. The molecule has 0 spiro atoms. The predicted octanol–water partition coefficient (Wildman–Crippen LogP) is 1.97. The first kappa shape index (κ1) is 11.1. The SMILES string of the molecule is CC(O)(C=O)Cc1ccc(Cl)cc1F. The Morgan fingerprint density at radius 2 is 2.29 bits per heavy atom. The topological polar surface area (TPSA) is 37.3 Å². The van der Waals surface area contributed by atoms with Crippen molar-refractivity contribution in [2.45, 2.75) is 18.9 Å². The van der Waals surface area contributed by atoms with Crippen molar-refractivity contribution in [3.8, 4) is 0 Å². The molecular weight excluding hydrogens is 207 g/mol. The first-order valence-corrected chi connectivity index (χ1v) is 4.45. The number of hydrogen-bond acceptors (Lipinski definition) is 2. The van der Waals surface area contributed by atoms with Gasteiger partial charge in [0.05, 0.1) is 0 Å². The predicted molar refractivity (Wildman–Crippen MR) is 51.8 cm³/mol. The van der Waals surface area contributed by atoms with E-state index < -0.39 is 11.4 Å². The lowest BCUT2D eigenvalue weighted by atomic mass is 9.98. The van der Waals surface area contributed by atoms with E-state index in [1.807, 2.05) is 0 Å². The zero-order valence-corrected chi connectivity index (χ0v) is 8.38. The van der Waals surface area contributed by atoms with Gasteiger partial charge in [-0.2, -0.15) is 0 Å². The van der Waals surface area contributed by atoms with Crippen molar-refractivity contribution in [2.75, 3.05) is 0 Å². The number of carbonyl (C=O) groups is 1. The second-order valence-corrected chi connectivity index (χ2v) is 3.82. The number of aliphatic hydroxyl groups is 1. The van der Waals surface area contributed by atoms with Gasteiger partial charge >= 0.3 is 0 Å². The summed E-state index contributed by atoms with van der Waals surface area (Å²) in [5.41, 5.74) is -1.26. The number of hydrogen-bond donors (Lipinski definition) is 1. The van der Waals surface area contributed by atoms with Crippen LogP contribution in [0.4, 0.5) is 4.39 Å². The van der Waals surface area contributed by atoms with Crippen LogP contribution in [0.1, 0.15) is 12.5 Å². The lowest BCUT2D eigenvalue weighted by Gasteiger charge is -2.15. The summed E-state index contributed by atoms with van der Waals surface area (Å²) in [6.07, 6.45) is 0.334. The van der Waals surface area contributed by atoms with Gasteiger partial charge in [-0.3, -0.25) is 0 Å². The van der Waals surface area contributed by atoms with Crippen LogP contribution in [-0.2, 0) is 11.2 Å². The van der Waals surface area contributed by atoms with Crippen molar-refractivity contribution >= 4 is 17.9 Å². The average molecular weight is 217 g/mol. The molecule has 76 valence electrons. The molecule has 0 aliphatic heterocycles. The summed E-state index contributed by atoms with van der Waals surface area (Å²) in [6.45, 7) is 1.33. The van der Waals surface area contributed by atoms with Gasteiger partial charge in [0.1, 0.15) is 11.4 Å². The van der Waals surface area contributed by atoms with Gasteiger partial charge < -0.3 is 9.90 Å². The minimum absolute atomic E-state index is 0.0560. The molecule has 0 aliphatic rings. The van der Waals surface area contributed by atoms with Gasteiger partial charge in [-0.25, -0.2) is 4.39 Å². The van der Waals surface area contributed by atoms with Crippen molar-refractivity contribution in [3.63, 3.8) is 0 Å². The van der Waals surface area contributed by atoms with E-state index in [1.165, 1.54) is 19.1 Å². The second-order valence-electron chi connectivity index (χ2n) is 3.39. The summed E-state index contributed by atoms with van der Waals surface area (Å²) in [6, 6.07) is 4.12. The Hall–Kier alpha value is -0.930. The third kappa shape index (κ3) is 2.79. The summed E-state index contributed by atoms with van der Waals surface area (Å²) in [5.74, 6) is -0.514. The number of benzene rings is 1. The van der Waals surface area contributed by atoms with E-state index in [-0.39, 0.29) is 17.0 Å². The van der Waals surface area contributed by atoms with Gasteiger partial charge in [0.15, 0.2) is 6.29 Å². The zero-order chi connectivity index (χ0) is 10.8. The Bertz CT molecular complexity index is 350. The summed E-state index contributed by atoms with van der Waals surface area (Å²) < 4.78 is 13.2. The summed E-state index contributed by atoms with van der Waals surface area (Å²) in [5, 5.41) is 9.69. The molecule has 0 fully saturated rings. The molecule has 1 unspecified atom stereocenters. The van der Waals surface area contributed by atoms with Crippen molar-refractivity contribution in [2.24, 2.45) is 0 Å². The van der Waals surface area contributed by atoms with E-state index in [0.717, 1.165) is 6.07 Å². The van der Waals surface area contributed by atoms with Crippen LogP contribution in [0.15, 0.2) is 18.2 Å². The average Bonchev–Trinajstić information content (AvgIpc) is 2.10. The molecular formula is C10H10ClFO2. The molecule has 0 heterocycles. The van der Waals surface area contributed by atoms with Gasteiger partial charge in [0.2, 0.25) is 0 Å². The molecule has 14 heavy (non-hydrogen) atoms. The van der Waals surface area contributed by atoms with E-state index in [9.17, 15) is 14.3 Å². The van der Waals surface area contributed by atoms with Crippen LogP contribution in [0.2, 0.25) is 5.02 Å². The summed E-state index contributed by atoms with van der Waals surface area (Å²) in [4.78, 5) is 10.4. The maximum atomic E-state index is 13.2. The molecule has 1 aromatic rings. The Labute approximate surface area is 86.3 Å². The van der Waals surface area contributed by atoms with Crippen LogP contribution in [0.25, 0.3) is 0 Å². The van der Waals surface area contributed by atoms with Crippen LogP contribution in [0, 0.1) is 5.82 Å². The number of halogens is 2. The lowest BCUT2D eigenvalue weighted by Crippen LogP contribution is -2.29. The van der Waals surface area contributed by atoms with E-state index in [1.54, 1.807) is 0 Å². The number of rotatable bonds is 3. The Kier molecular flexibility index (Phi) is 3.24. The van der Waals surface area contributed by atoms with Crippen LogP contribution in [-0.4, -0.2) is 17.0 Å². The Balaban J connectivity index is 2.92. The Morgan fingerprint density at radius 1 is 1.64 bits per heavy atom. The highest BCUT2D eigenvalue weighted by Gasteiger charge is 2.21. The van der Waals surface area contributed by atoms with Crippen molar-refractivity contribution in [1.82, 2.24) is 0 Å². The van der Waals surface area contributed by atoms with Crippen LogP contribution in [0.3, 0.4) is 0 Å². The number of aldehydes is 1. The normalized spacial score (nSPS) is 14.9. The van der Waals surface area contributed by atoms with Crippen LogP contribution >= 0.6 is 11.6 Å². The minimum Gasteiger partial charge on any atom is -0.382 e. The summed E-state index contributed by atoms with van der Waals surface area (Å²) in [7, 11) is 0. The van der Waals surface area contributed by atoms with Gasteiger partial charge in [0.25, 0.3) is 0 Å². The maximum Gasteiger partial charge on any atom is 0.151 e. The van der Waals surface area contributed by atoms with Crippen LogP contribution < -0.4 is 0 Å².